The van der Waals surface area contributed by atoms with Crippen LogP contribution in [0.2, 0.25) is 0 Å². The third-order valence-corrected chi connectivity index (χ3v) is 7.66. The van der Waals surface area contributed by atoms with Crippen molar-refractivity contribution in [1.82, 2.24) is 18.8 Å². The van der Waals surface area contributed by atoms with E-state index < -0.39 is 10.0 Å². The molecule has 1 saturated heterocycles. The van der Waals surface area contributed by atoms with Crippen LogP contribution in [0.3, 0.4) is 0 Å². The zero-order chi connectivity index (χ0) is 19.7. The normalized spacial score (nSPS) is 16.3. The van der Waals surface area contributed by atoms with Gasteiger partial charge in [0.1, 0.15) is 10.6 Å². The molecule has 0 unspecified atom stereocenters. The monoisotopic (exact) mass is 419 g/mol. The second kappa shape index (κ2) is 7.61. The molecule has 8 nitrogen and oxygen atoms in total. The highest BCUT2D eigenvalue weighted by Crippen LogP contribution is 2.27. The van der Waals surface area contributed by atoms with E-state index in [4.69, 9.17) is 4.52 Å². The van der Waals surface area contributed by atoms with Crippen LogP contribution in [0.25, 0.3) is 11.4 Å². The van der Waals surface area contributed by atoms with Crippen LogP contribution < -0.4 is 4.90 Å². The number of aryl methyl sites for hydroxylation is 2. The number of benzene rings is 1. The molecule has 1 fully saturated rings. The van der Waals surface area contributed by atoms with E-state index in [0.717, 1.165) is 17.2 Å². The van der Waals surface area contributed by atoms with Gasteiger partial charge in [0, 0.05) is 43.3 Å². The summed E-state index contributed by atoms with van der Waals surface area (Å²) >= 11 is 1.34. The van der Waals surface area contributed by atoms with E-state index in [1.807, 2.05) is 30.3 Å². The summed E-state index contributed by atoms with van der Waals surface area (Å²) in [5, 5.41) is 4.60. The second-order valence-electron chi connectivity index (χ2n) is 6.66. The molecular formula is C18H21N5O3S2. The number of sulfonamides is 1. The van der Waals surface area contributed by atoms with Crippen molar-refractivity contribution in [2.24, 2.45) is 0 Å². The van der Waals surface area contributed by atoms with Crippen LogP contribution in [0.5, 0.6) is 0 Å². The van der Waals surface area contributed by atoms with Crippen LogP contribution in [-0.4, -0.2) is 53.4 Å². The average molecular weight is 420 g/mol. The van der Waals surface area contributed by atoms with Crippen molar-refractivity contribution in [2.75, 3.05) is 31.1 Å². The van der Waals surface area contributed by atoms with Gasteiger partial charge in [-0.15, -0.1) is 0 Å². The van der Waals surface area contributed by atoms with Gasteiger partial charge in [-0.3, -0.25) is 0 Å². The topological polar surface area (TPSA) is 92.4 Å². The van der Waals surface area contributed by atoms with Crippen molar-refractivity contribution >= 4 is 26.7 Å². The molecule has 28 heavy (non-hydrogen) atoms. The fourth-order valence-electron chi connectivity index (χ4n) is 3.35. The summed E-state index contributed by atoms with van der Waals surface area (Å²) in [4.78, 5) is 6.94. The first kappa shape index (κ1) is 19.0. The first-order valence-electron chi connectivity index (χ1n) is 9.04. The molecule has 0 spiro atoms. The highest BCUT2D eigenvalue weighted by molar-refractivity contribution is 7.89. The molecule has 0 aliphatic carbocycles. The average Bonchev–Trinajstić information content (AvgIpc) is 3.21. The molecule has 148 valence electrons. The lowest BCUT2D eigenvalue weighted by molar-refractivity contribution is 0.389. The van der Waals surface area contributed by atoms with E-state index in [1.165, 1.54) is 15.8 Å². The van der Waals surface area contributed by atoms with E-state index in [2.05, 4.69) is 19.4 Å². The Labute approximate surface area is 168 Å². The van der Waals surface area contributed by atoms with E-state index >= 15 is 0 Å². The summed E-state index contributed by atoms with van der Waals surface area (Å²) in [7, 11) is -3.63. The molecule has 1 aliphatic rings. The molecule has 2 aromatic heterocycles. The molecule has 0 atom stereocenters. The fourth-order valence-corrected chi connectivity index (χ4v) is 5.85. The minimum Gasteiger partial charge on any atom is -0.360 e. The lowest BCUT2D eigenvalue weighted by Gasteiger charge is -2.21. The van der Waals surface area contributed by atoms with Gasteiger partial charge in [-0.05, 0) is 20.3 Å². The number of hydrogen-bond acceptors (Lipinski definition) is 8. The van der Waals surface area contributed by atoms with Crippen molar-refractivity contribution < 1.29 is 12.9 Å². The standard InChI is InChI=1S/C18H21N5O3S2/c1-13-16(14(2)26-20-13)28(24,25)23-10-6-9-22(11-12-23)18-19-17(21-27-18)15-7-4-3-5-8-15/h3-5,7-8H,6,9-12H2,1-2H3. The summed E-state index contributed by atoms with van der Waals surface area (Å²) in [5.41, 5.74) is 1.37. The van der Waals surface area contributed by atoms with Crippen molar-refractivity contribution in [1.29, 1.82) is 0 Å². The Morgan fingerprint density at radius 2 is 1.86 bits per heavy atom. The Balaban J connectivity index is 1.51. The molecule has 3 heterocycles. The summed E-state index contributed by atoms with van der Waals surface area (Å²) < 4.78 is 37.1. The van der Waals surface area contributed by atoms with E-state index in [9.17, 15) is 8.42 Å². The summed E-state index contributed by atoms with van der Waals surface area (Å²) in [5.74, 6) is 1.03. The molecule has 0 amide bonds. The van der Waals surface area contributed by atoms with Gasteiger partial charge in [-0.1, -0.05) is 35.5 Å². The number of rotatable bonds is 4. The second-order valence-corrected chi connectivity index (χ2v) is 9.27. The third-order valence-electron chi connectivity index (χ3n) is 4.74. The van der Waals surface area contributed by atoms with E-state index in [-0.39, 0.29) is 4.90 Å². The number of nitrogens with zero attached hydrogens (tertiary/aromatic N) is 5. The predicted octanol–water partition coefficient (Wildman–Crippen LogP) is 2.71. The largest absolute Gasteiger partial charge is 0.360 e. The Hall–Kier alpha value is -2.30. The van der Waals surface area contributed by atoms with Crippen molar-refractivity contribution in [3.05, 3.63) is 41.8 Å². The Morgan fingerprint density at radius 3 is 2.57 bits per heavy atom. The first-order chi connectivity index (χ1) is 13.5. The van der Waals surface area contributed by atoms with Gasteiger partial charge in [0.05, 0.1) is 0 Å². The van der Waals surface area contributed by atoms with E-state index in [0.29, 0.717) is 43.3 Å². The maximum atomic E-state index is 13.1. The van der Waals surface area contributed by atoms with Crippen molar-refractivity contribution in [3.8, 4) is 11.4 Å². The van der Waals surface area contributed by atoms with Gasteiger partial charge < -0.3 is 9.42 Å². The third kappa shape index (κ3) is 3.54. The lowest BCUT2D eigenvalue weighted by Crippen LogP contribution is -2.35. The summed E-state index contributed by atoms with van der Waals surface area (Å²) in [6, 6.07) is 9.83. The van der Waals surface area contributed by atoms with Crippen molar-refractivity contribution in [3.63, 3.8) is 0 Å². The molecule has 1 aromatic carbocycles. The smallest absolute Gasteiger partial charge is 0.248 e. The molecule has 3 aromatic rings. The Bertz CT molecular complexity index is 1040. The summed E-state index contributed by atoms with van der Waals surface area (Å²) in [6.07, 6.45) is 0.711. The zero-order valence-electron chi connectivity index (χ0n) is 15.7. The first-order valence-corrected chi connectivity index (χ1v) is 11.3. The Morgan fingerprint density at radius 1 is 1.07 bits per heavy atom. The van der Waals surface area contributed by atoms with Crippen LogP contribution in [0.4, 0.5) is 5.13 Å². The van der Waals surface area contributed by atoms with Gasteiger partial charge >= 0.3 is 0 Å². The van der Waals surface area contributed by atoms with Gasteiger partial charge in [-0.2, -0.15) is 13.7 Å². The van der Waals surface area contributed by atoms with Crippen molar-refractivity contribution in [2.45, 2.75) is 25.2 Å². The van der Waals surface area contributed by atoms with Crippen LogP contribution >= 0.6 is 11.5 Å². The number of anilines is 1. The number of aromatic nitrogens is 3. The lowest BCUT2D eigenvalue weighted by atomic mass is 10.2. The van der Waals surface area contributed by atoms with Crippen LogP contribution in [0, 0.1) is 13.8 Å². The SMILES string of the molecule is Cc1noc(C)c1S(=O)(=O)N1CCCN(c2nc(-c3ccccc3)ns2)CC1. The molecule has 10 heteroatoms. The number of hydrogen-bond donors (Lipinski definition) is 0. The molecule has 0 radical (unpaired) electrons. The zero-order valence-corrected chi connectivity index (χ0v) is 17.3. The van der Waals surface area contributed by atoms with Crippen LogP contribution in [0.15, 0.2) is 39.8 Å². The highest BCUT2D eigenvalue weighted by Gasteiger charge is 2.32. The van der Waals surface area contributed by atoms with Gasteiger partial charge in [0.25, 0.3) is 0 Å². The van der Waals surface area contributed by atoms with Crippen LogP contribution in [-0.2, 0) is 10.0 Å². The van der Waals surface area contributed by atoms with Gasteiger partial charge in [-0.25, -0.2) is 8.42 Å². The van der Waals surface area contributed by atoms with Gasteiger partial charge in [0.15, 0.2) is 11.6 Å². The Kier molecular flexibility index (Phi) is 5.17. The minimum atomic E-state index is -3.63. The maximum Gasteiger partial charge on any atom is 0.248 e. The van der Waals surface area contributed by atoms with E-state index in [1.54, 1.807) is 13.8 Å². The minimum absolute atomic E-state index is 0.184. The van der Waals surface area contributed by atoms with Crippen LogP contribution in [0.1, 0.15) is 17.9 Å². The fraction of sp³-hybridized carbons (Fsp3) is 0.389. The molecule has 1 aliphatic heterocycles. The van der Waals surface area contributed by atoms with Gasteiger partial charge in [0.2, 0.25) is 15.2 Å². The molecular weight excluding hydrogens is 398 g/mol. The highest BCUT2D eigenvalue weighted by atomic mass is 32.2. The molecule has 0 bridgehead atoms. The molecule has 0 N–H and O–H groups in total. The maximum absolute atomic E-state index is 13.1. The molecule has 4 rings (SSSR count). The molecule has 0 saturated carbocycles. The predicted molar refractivity (Wildman–Crippen MR) is 107 cm³/mol. The quantitative estimate of drug-likeness (QED) is 0.642. The summed E-state index contributed by atoms with van der Waals surface area (Å²) in [6.45, 7) is 5.41.